The second kappa shape index (κ2) is 9.04. The van der Waals surface area contributed by atoms with E-state index in [9.17, 15) is 19.7 Å². The van der Waals surface area contributed by atoms with Crippen molar-refractivity contribution in [1.29, 1.82) is 0 Å². The number of nitrogens with one attached hydrogen (secondary N) is 1. The topological polar surface area (TPSA) is 124 Å². The zero-order chi connectivity index (χ0) is 23.5. The normalized spacial score (nSPS) is 15.4. The van der Waals surface area contributed by atoms with Crippen molar-refractivity contribution < 1.29 is 24.0 Å². The van der Waals surface area contributed by atoms with Crippen LogP contribution in [0.2, 0.25) is 0 Å². The Balaban J connectivity index is 1.98. The molecule has 1 aliphatic heterocycles. The third kappa shape index (κ3) is 5.20. The second-order valence-corrected chi connectivity index (χ2v) is 8.12. The molecule has 3 rings (SSSR count). The van der Waals surface area contributed by atoms with Crippen LogP contribution in [0.3, 0.4) is 0 Å². The van der Waals surface area contributed by atoms with Gasteiger partial charge in [0.05, 0.1) is 40.7 Å². The summed E-state index contributed by atoms with van der Waals surface area (Å²) in [7, 11) is 1.31. The fraction of sp³-hybridized carbons (Fsp3) is 0.318. The fourth-order valence-electron chi connectivity index (χ4n) is 3.18. The molecule has 0 fully saturated rings. The number of methoxy groups -OCH3 is 1. The first-order chi connectivity index (χ1) is 15.1. The summed E-state index contributed by atoms with van der Waals surface area (Å²) >= 11 is 0. The summed E-state index contributed by atoms with van der Waals surface area (Å²) in [4.78, 5) is 41.2. The SMILES string of the molecule is COC(=O)C1=CNC(c2cc(N(C(=O)OC(C)(C)C)c3cccc([N+](=O)[O-])c3)ccn2)C1. The first-order valence-electron chi connectivity index (χ1n) is 9.86. The minimum absolute atomic E-state index is 0.158. The lowest BCUT2D eigenvalue weighted by Crippen LogP contribution is -2.34. The van der Waals surface area contributed by atoms with Crippen molar-refractivity contribution in [2.75, 3.05) is 12.0 Å². The lowest BCUT2D eigenvalue weighted by atomic mass is 10.1. The Hall–Kier alpha value is -3.95. The molecule has 0 spiro atoms. The van der Waals surface area contributed by atoms with Gasteiger partial charge in [-0.15, -0.1) is 0 Å². The second-order valence-electron chi connectivity index (χ2n) is 8.12. The van der Waals surface area contributed by atoms with Crippen molar-refractivity contribution >= 4 is 29.1 Å². The number of carbonyl (C=O) groups excluding carboxylic acids is 2. The molecular formula is C22H24N4O6. The molecule has 0 bridgehead atoms. The van der Waals surface area contributed by atoms with Crippen LogP contribution in [0.15, 0.2) is 54.4 Å². The van der Waals surface area contributed by atoms with E-state index >= 15 is 0 Å². The molecule has 1 amide bonds. The van der Waals surface area contributed by atoms with Crippen LogP contribution in [-0.2, 0) is 14.3 Å². The maximum absolute atomic E-state index is 13.1. The predicted molar refractivity (Wildman–Crippen MR) is 116 cm³/mol. The smallest absolute Gasteiger partial charge is 0.419 e. The fourth-order valence-corrected chi connectivity index (χ4v) is 3.18. The Labute approximate surface area is 185 Å². The average molecular weight is 440 g/mol. The molecule has 2 aromatic rings. The number of esters is 1. The molecule has 1 atom stereocenters. The Bertz CT molecular complexity index is 1080. The number of ether oxygens (including phenoxy) is 2. The number of nitro groups is 1. The average Bonchev–Trinajstić information content (AvgIpc) is 3.23. The molecule has 1 unspecified atom stereocenters. The number of benzene rings is 1. The highest BCUT2D eigenvalue weighted by molar-refractivity contribution is 5.96. The number of nitrogens with zero attached hydrogens (tertiary/aromatic N) is 3. The Morgan fingerprint density at radius 3 is 2.59 bits per heavy atom. The van der Waals surface area contributed by atoms with Crippen LogP contribution in [0.5, 0.6) is 0 Å². The van der Waals surface area contributed by atoms with Crippen molar-refractivity contribution in [2.45, 2.75) is 38.8 Å². The number of anilines is 2. The van der Waals surface area contributed by atoms with Crippen LogP contribution < -0.4 is 10.2 Å². The van der Waals surface area contributed by atoms with Gasteiger partial charge in [0.2, 0.25) is 0 Å². The molecule has 2 heterocycles. The zero-order valence-electron chi connectivity index (χ0n) is 18.2. The Morgan fingerprint density at radius 1 is 1.22 bits per heavy atom. The maximum Gasteiger partial charge on any atom is 0.419 e. The van der Waals surface area contributed by atoms with E-state index in [0.29, 0.717) is 23.4 Å². The van der Waals surface area contributed by atoms with E-state index in [-0.39, 0.29) is 17.4 Å². The highest BCUT2D eigenvalue weighted by Gasteiger charge is 2.28. The van der Waals surface area contributed by atoms with Gasteiger partial charge in [0.1, 0.15) is 5.60 Å². The number of amides is 1. The van der Waals surface area contributed by atoms with Crippen LogP contribution in [0, 0.1) is 10.1 Å². The number of hydrogen-bond donors (Lipinski definition) is 1. The Kier molecular flexibility index (Phi) is 6.42. The molecule has 168 valence electrons. The number of hydrogen-bond acceptors (Lipinski definition) is 8. The molecule has 1 N–H and O–H groups in total. The van der Waals surface area contributed by atoms with Gasteiger partial charge in [-0.2, -0.15) is 0 Å². The van der Waals surface area contributed by atoms with E-state index in [1.165, 1.54) is 36.4 Å². The summed E-state index contributed by atoms with van der Waals surface area (Å²) in [6.07, 6.45) is 2.78. The summed E-state index contributed by atoms with van der Waals surface area (Å²) in [5.74, 6) is -0.428. The van der Waals surface area contributed by atoms with Crippen LogP contribution >= 0.6 is 0 Å². The molecular weight excluding hydrogens is 416 g/mol. The van der Waals surface area contributed by atoms with Gasteiger partial charge in [-0.1, -0.05) is 6.07 Å². The first kappa shape index (κ1) is 22.7. The van der Waals surface area contributed by atoms with Gasteiger partial charge in [0.15, 0.2) is 0 Å². The summed E-state index contributed by atoms with van der Waals surface area (Å²) < 4.78 is 10.3. The number of rotatable bonds is 5. The minimum Gasteiger partial charge on any atom is -0.466 e. The minimum atomic E-state index is -0.780. The largest absolute Gasteiger partial charge is 0.466 e. The molecule has 32 heavy (non-hydrogen) atoms. The third-order valence-electron chi connectivity index (χ3n) is 4.59. The standard InChI is InChI=1S/C22H24N4O6/c1-22(2,3)32-21(28)25(15-6-5-7-17(11-15)26(29)30)16-8-9-23-19(12-16)18-10-14(13-24-18)20(27)31-4/h5-9,11-13,18,24H,10H2,1-4H3. The lowest BCUT2D eigenvalue weighted by Gasteiger charge is -2.28. The van der Waals surface area contributed by atoms with Gasteiger partial charge < -0.3 is 14.8 Å². The van der Waals surface area contributed by atoms with Gasteiger partial charge in [0.25, 0.3) is 5.69 Å². The predicted octanol–water partition coefficient (Wildman–Crippen LogP) is 4.15. The number of non-ortho nitro benzene ring substituents is 1. The number of nitro benzene ring substituents is 1. The van der Waals surface area contributed by atoms with E-state index in [1.54, 1.807) is 45.2 Å². The summed E-state index contributed by atoms with van der Waals surface area (Å²) in [5.41, 5.74) is 0.813. The summed E-state index contributed by atoms with van der Waals surface area (Å²) in [6, 6.07) is 8.71. The molecule has 10 heteroatoms. The molecule has 0 aliphatic carbocycles. The quantitative estimate of drug-likeness (QED) is 0.418. The van der Waals surface area contributed by atoms with E-state index < -0.39 is 22.6 Å². The Morgan fingerprint density at radius 2 is 1.94 bits per heavy atom. The maximum atomic E-state index is 13.1. The summed E-state index contributed by atoms with van der Waals surface area (Å²) in [5, 5.41) is 14.3. The first-order valence-corrected chi connectivity index (χ1v) is 9.86. The molecule has 10 nitrogen and oxygen atoms in total. The van der Waals surface area contributed by atoms with E-state index in [4.69, 9.17) is 9.47 Å². The zero-order valence-corrected chi connectivity index (χ0v) is 18.2. The lowest BCUT2D eigenvalue weighted by molar-refractivity contribution is -0.384. The number of pyridine rings is 1. The van der Waals surface area contributed by atoms with Crippen molar-refractivity contribution in [3.05, 3.63) is 70.2 Å². The van der Waals surface area contributed by atoms with Gasteiger partial charge in [0, 0.05) is 31.0 Å². The van der Waals surface area contributed by atoms with Gasteiger partial charge in [-0.05, 0) is 39.0 Å². The van der Waals surface area contributed by atoms with Crippen LogP contribution in [0.1, 0.15) is 38.9 Å². The van der Waals surface area contributed by atoms with Gasteiger partial charge in [-0.25, -0.2) is 14.5 Å². The number of carbonyl (C=O) groups is 2. The molecule has 1 aliphatic rings. The van der Waals surface area contributed by atoms with Crippen LogP contribution in [-0.4, -0.2) is 34.7 Å². The van der Waals surface area contributed by atoms with Crippen molar-refractivity contribution in [3.63, 3.8) is 0 Å². The van der Waals surface area contributed by atoms with Crippen LogP contribution in [0.4, 0.5) is 21.9 Å². The molecule has 1 aromatic carbocycles. The molecule has 0 radical (unpaired) electrons. The van der Waals surface area contributed by atoms with E-state index in [2.05, 4.69) is 10.3 Å². The monoisotopic (exact) mass is 440 g/mol. The van der Waals surface area contributed by atoms with E-state index in [1.807, 2.05) is 0 Å². The van der Waals surface area contributed by atoms with Crippen LogP contribution in [0.25, 0.3) is 0 Å². The number of aromatic nitrogens is 1. The van der Waals surface area contributed by atoms with E-state index in [0.717, 1.165) is 0 Å². The third-order valence-corrected chi connectivity index (χ3v) is 4.59. The van der Waals surface area contributed by atoms with Crippen molar-refractivity contribution in [2.24, 2.45) is 0 Å². The molecule has 0 saturated carbocycles. The van der Waals surface area contributed by atoms with Crippen molar-refractivity contribution in [3.8, 4) is 0 Å². The molecule has 0 saturated heterocycles. The summed E-state index contributed by atoms with van der Waals surface area (Å²) in [6.45, 7) is 5.20. The van der Waals surface area contributed by atoms with Gasteiger partial charge >= 0.3 is 12.1 Å². The van der Waals surface area contributed by atoms with Gasteiger partial charge in [-0.3, -0.25) is 15.1 Å². The molecule has 1 aromatic heterocycles. The van der Waals surface area contributed by atoms with Crippen molar-refractivity contribution in [1.82, 2.24) is 10.3 Å². The highest BCUT2D eigenvalue weighted by Crippen LogP contribution is 2.33. The highest BCUT2D eigenvalue weighted by atomic mass is 16.6.